The van der Waals surface area contributed by atoms with E-state index in [0.29, 0.717) is 40.3 Å². The summed E-state index contributed by atoms with van der Waals surface area (Å²) in [7, 11) is -3.01. The highest BCUT2D eigenvalue weighted by atomic mass is 79.9. The van der Waals surface area contributed by atoms with Crippen LogP contribution in [0.4, 0.5) is 4.39 Å². The van der Waals surface area contributed by atoms with E-state index in [9.17, 15) is 12.8 Å². The molecule has 3 heterocycles. The van der Waals surface area contributed by atoms with Gasteiger partial charge in [0, 0.05) is 31.2 Å². The van der Waals surface area contributed by atoms with Crippen LogP contribution in [0.1, 0.15) is 31.4 Å². The average Bonchev–Trinajstić information content (AvgIpc) is 3.49. The van der Waals surface area contributed by atoms with Crippen molar-refractivity contribution in [2.24, 2.45) is 5.92 Å². The molecule has 5 rings (SSSR count). The number of benzene rings is 1. The molecule has 0 radical (unpaired) electrons. The molecular formula is C21H23BrFN5O3S. The van der Waals surface area contributed by atoms with E-state index in [2.05, 4.69) is 31.2 Å². The number of nitrogens with zero attached hydrogens (tertiary/aromatic N) is 5. The van der Waals surface area contributed by atoms with Gasteiger partial charge in [-0.3, -0.25) is 4.90 Å². The smallest absolute Gasteiger partial charge is 0.224 e. The molecule has 1 saturated carbocycles. The number of hydrogen-bond acceptors (Lipinski definition) is 7. The zero-order valence-electron chi connectivity index (χ0n) is 17.5. The van der Waals surface area contributed by atoms with Gasteiger partial charge in [0.1, 0.15) is 17.1 Å². The lowest BCUT2D eigenvalue weighted by molar-refractivity contribution is 0.224. The third-order valence-corrected chi connectivity index (χ3v) is 8.52. The zero-order valence-corrected chi connectivity index (χ0v) is 19.9. The van der Waals surface area contributed by atoms with Crippen LogP contribution in [-0.2, 0) is 16.4 Å². The molecule has 11 heteroatoms. The van der Waals surface area contributed by atoms with Crippen LogP contribution in [0.2, 0.25) is 0 Å². The molecule has 1 unspecified atom stereocenters. The highest BCUT2D eigenvalue weighted by molar-refractivity contribution is 9.10. The molecule has 0 bridgehead atoms. The summed E-state index contributed by atoms with van der Waals surface area (Å²) in [5.74, 6) is 1.17. The second-order valence-electron chi connectivity index (χ2n) is 8.47. The van der Waals surface area contributed by atoms with Crippen LogP contribution >= 0.6 is 15.9 Å². The molecular weight excluding hydrogens is 501 g/mol. The van der Waals surface area contributed by atoms with Crippen LogP contribution in [-0.4, -0.2) is 57.9 Å². The zero-order chi connectivity index (χ0) is 22.5. The van der Waals surface area contributed by atoms with Crippen molar-refractivity contribution in [3.63, 3.8) is 0 Å². The maximum atomic E-state index is 14.1. The van der Waals surface area contributed by atoms with Crippen LogP contribution < -0.4 is 4.74 Å². The van der Waals surface area contributed by atoms with E-state index in [1.807, 2.05) is 28.6 Å². The number of hydrogen-bond donors (Lipinski definition) is 0. The molecule has 3 aromatic rings. The molecule has 1 saturated heterocycles. The fourth-order valence-corrected chi connectivity index (χ4v) is 5.71. The van der Waals surface area contributed by atoms with Gasteiger partial charge in [0.2, 0.25) is 5.88 Å². The SMILES string of the molecule is CC(c1cc(F)cnc1Oc1ccc2c(nnn2CC2CC2)c1Br)N1CCS(=O)(=O)CC1. The lowest BCUT2D eigenvalue weighted by atomic mass is 10.1. The second kappa shape index (κ2) is 8.35. The van der Waals surface area contributed by atoms with E-state index >= 15 is 0 Å². The number of sulfone groups is 1. The van der Waals surface area contributed by atoms with E-state index in [4.69, 9.17) is 4.74 Å². The Labute approximate surface area is 193 Å². The minimum absolute atomic E-state index is 0.0923. The first-order valence-electron chi connectivity index (χ1n) is 10.6. The highest BCUT2D eigenvalue weighted by Crippen LogP contribution is 2.38. The summed E-state index contributed by atoms with van der Waals surface area (Å²) in [5.41, 5.74) is 2.18. The molecule has 1 aliphatic heterocycles. The highest BCUT2D eigenvalue weighted by Gasteiger charge is 2.28. The fraction of sp³-hybridized carbons (Fsp3) is 0.476. The fourth-order valence-electron chi connectivity index (χ4n) is 3.99. The Morgan fingerprint density at radius 2 is 2.03 bits per heavy atom. The van der Waals surface area contributed by atoms with E-state index < -0.39 is 15.7 Å². The Hall–Kier alpha value is -2.11. The minimum atomic E-state index is -3.01. The standard InChI is InChI=1S/C21H23BrFN5O3S/c1-13(27-6-8-32(29,30)9-7-27)16-10-15(23)11-24-21(16)31-18-5-4-17-20(19(18)22)25-26-28(17)12-14-2-3-14/h4-5,10-11,13-14H,2-3,6-9,12H2,1H3. The summed E-state index contributed by atoms with van der Waals surface area (Å²) in [6.45, 7) is 3.54. The van der Waals surface area contributed by atoms with Gasteiger partial charge in [-0.15, -0.1) is 5.10 Å². The van der Waals surface area contributed by atoms with Crippen molar-refractivity contribution in [2.75, 3.05) is 24.6 Å². The Morgan fingerprint density at radius 3 is 2.75 bits per heavy atom. The van der Waals surface area contributed by atoms with Gasteiger partial charge in [0.25, 0.3) is 0 Å². The molecule has 2 fully saturated rings. The van der Waals surface area contributed by atoms with Crippen LogP contribution in [0.3, 0.4) is 0 Å². The van der Waals surface area contributed by atoms with Gasteiger partial charge in [-0.05, 0) is 59.8 Å². The van der Waals surface area contributed by atoms with Gasteiger partial charge in [0.05, 0.1) is 27.7 Å². The monoisotopic (exact) mass is 523 g/mol. The Kier molecular flexibility index (Phi) is 5.67. The summed E-state index contributed by atoms with van der Waals surface area (Å²) >= 11 is 3.58. The maximum Gasteiger partial charge on any atom is 0.224 e. The minimum Gasteiger partial charge on any atom is -0.437 e. The second-order valence-corrected chi connectivity index (χ2v) is 11.6. The van der Waals surface area contributed by atoms with Crippen LogP contribution in [0.25, 0.3) is 11.0 Å². The summed E-state index contributed by atoms with van der Waals surface area (Å²) in [6.07, 6.45) is 3.57. The predicted molar refractivity (Wildman–Crippen MR) is 121 cm³/mol. The first kappa shape index (κ1) is 21.7. The van der Waals surface area contributed by atoms with Crippen molar-refractivity contribution in [1.82, 2.24) is 24.9 Å². The summed E-state index contributed by atoms with van der Waals surface area (Å²) < 4.78 is 46.3. The lowest BCUT2D eigenvalue weighted by Crippen LogP contribution is -2.41. The number of aromatic nitrogens is 4. The van der Waals surface area contributed by atoms with Crippen molar-refractivity contribution < 1.29 is 17.5 Å². The maximum absolute atomic E-state index is 14.1. The van der Waals surface area contributed by atoms with Gasteiger partial charge in [-0.1, -0.05) is 5.21 Å². The van der Waals surface area contributed by atoms with Gasteiger partial charge < -0.3 is 4.74 Å². The Bertz CT molecular complexity index is 1260. The summed E-state index contributed by atoms with van der Waals surface area (Å²) in [5, 5.41) is 8.58. The normalized spacial score (nSPS) is 19.8. The van der Waals surface area contributed by atoms with Crippen LogP contribution in [0.15, 0.2) is 28.9 Å². The van der Waals surface area contributed by atoms with Crippen molar-refractivity contribution >= 4 is 36.8 Å². The van der Waals surface area contributed by atoms with E-state index in [1.165, 1.54) is 18.9 Å². The molecule has 0 N–H and O–H groups in total. The Balaban J connectivity index is 1.43. The Morgan fingerprint density at radius 1 is 1.28 bits per heavy atom. The molecule has 32 heavy (non-hydrogen) atoms. The number of halogens is 2. The largest absolute Gasteiger partial charge is 0.437 e. The summed E-state index contributed by atoms with van der Waals surface area (Å²) in [6, 6.07) is 4.88. The molecule has 0 amide bonds. The van der Waals surface area contributed by atoms with E-state index in [0.717, 1.165) is 18.3 Å². The molecule has 170 valence electrons. The topological polar surface area (TPSA) is 90.2 Å². The number of fused-ring (bicyclic) bond motifs is 1. The lowest BCUT2D eigenvalue weighted by Gasteiger charge is -2.32. The summed E-state index contributed by atoms with van der Waals surface area (Å²) in [4.78, 5) is 6.19. The van der Waals surface area contributed by atoms with Crippen molar-refractivity contribution in [2.45, 2.75) is 32.4 Å². The first-order valence-corrected chi connectivity index (χ1v) is 13.2. The molecule has 8 nitrogen and oxygen atoms in total. The third-order valence-electron chi connectivity index (χ3n) is 6.15. The quantitative estimate of drug-likeness (QED) is 0.486. The number of rotatable bonds is 6. The first-order chi connectivity index (χ1) is 15.3. The van der Waals surface area contributed by atoms with E-state index in [1.54, 1.807) is 0 Å². The van der Waals surface area contributed by atoms with Crippen molar-refractivity contribution in [3.8, 4) is 11.6 Å². The van der Waals surface area contributed by atoms with Gasteiger partial charge in [-0.25, -0.2) is 22.5 Å². The number of ether oxygens (including phenoxy) is 1. The number of pyridine rings is 1. The van der Waals surface area contributed by atoms with Gasteiger partial charge in [0.15, 0.2) is 9.84 Å². The predicted octanol–water partition coefficient (Wildman–Crippen LogP) is 3.72. The van der Waals surface area contributed by atoms with Gasteiger partial charge >= 0.3 is 0 Å². The van der Waals surface area contributed by atoms with Gasteiger partial charge in [-0.2, -0.15) is 0 Å². The molecule has 0 spiro atoms. The molecule has 1 atom stereocenters. The van der Waals surface area contributed by atoms with Crippen LogP contribution in [0, 0.1) is 11.7 Å². The molecule has 1 aliphatic carbocycles. The molecule has 1 aromatic carbocycles. The average molecular weight is 524 g/mol. The molecule has 2 aliphatic rings. The third kappa shape index (κ3) is 4.38. The van der Waals surface area contributed by atoms with Crippen molar-refractivity contribution in [1.29, 1.82) is 0 Å². The van der Waals surface area contributed by atoms with Crippen LogP contribution in [0.5, 0.6) is 11.6 Å². The van der Waals surface area contributed by atoms with E-state index in [-0.39, 0.29) is 23.4 Å². The molecule has 2 aromatic heterocycles. The van der Waals surface area contributed by atoms with Crippen molar-refractivity contribution in [3.05, 3.63) is 40.2 Å².